The number of carbonyl (C=O) groups excluding carboxylic acids is 1. The van der Waals surface area contributed by atoms with E-state index in [1.165, 1.54) is 32.1 Å². The van der Waals surface area contributed by atoms with Gasteiger partial charge >= 0.3 is 0 Å². The molecule has 0 spiro atoms. The molecule has 2 nitrogen and oxygen atoms in total. The Kier molecular flexibility index (Phi) is 6.16. The van der Waals surface area contributed by atoms with E-state index >= 15 is 0 Å². The zero-order valence-electron chi connectivity index (χ0n) is 13.4. The first kappa shape index (κ1) is 16.4. The quantitative estimate of drug-likeness (QED) is 0.696. The van der Waals surface area contributed by atoms with Gasteiger partial charge in [0.15, 0.2) is 5.78 Å². The van der Waals surface area contributed by atoms with Gasteiger partial charge in [0.2, 0.25) is 0 Å². The molecule has 0 bridgehead atoms. The Hall–Kier alpha value is -0.960. The first-order valence-electron chi connectivity index (χ1n) is 8.00. The van der Waals surface area contributed by atoms with Gasteiger partial charge in [0, 0.05) is 10.8 Å². The summed E-state index contributed by atoms with van der Waals surface area (Å²) in [5, 5.41) is 0.686. The zero-order valence-corrected chi connectivity index (χ0v) is 14.2. The molecule has 1 aromatic rings. The fraction of sp³-hybridized carbons (Fsp3) is 0.611. The number of rotatable bonds is 6. The van der Waals surface area contributed by atoms with Gasteiger partial charge < -0.3 is 4.74 Å². The van der Waals surface area contributed by atoms with Crippen molar-refractivity contribution < 1.29 is 9.53 Å². The first-order chi connectivity index (χ1) is 10.1. The summed E-state index contributed by atoms with van der Waals surface area (Å²) in [6, 6.07) is 3.96. The van der Waals surface area contributed by atoms with Crippen LogP contribution in [0.1, 0.15) is 60.5 Å². The molecule has 21 heavy (non-hydrogen) atoms. The molecule has 1 fully saturated rings. The van der Waals surface area contributed by atoms with E-state index in [2.05, 4.69) is 0 Å². The second-order valence-electron chi connectivity index (χ2n) is 5.86. The number of ether oxygens (including phenoxy) is 1. The molecule has 0 aromatic heterocycles. The molecule has 0 N–H and O–H groups in total. The Morgan fingerprint density at radius 2 is 1.81 bits per heavy atom. The second-order valence-corrected chi connectivity index (χ2v) is 7.15. The largest absolute Gasteiger partial charge is 0.494 e. The van der Waals surface area contributed by atoms with Gasteiger partial charge in [-0.1, -0.05) is 19.3 Å². The molecule has 116 valence electrons. The van der Waals surface area contributed by atoms with E-state index in [4.69, 9.17) is 4.74 Å². The lowest BCUT2D eigenvalue weighted by molar-refractivity contribution is 0.102. The van der Waals surface area contributed by atoms with Crippen LogP contribution in [0.3, 0.4) is 0 Å². The first-order valence-corrected chi connectivity index (χ1v) is 9.05. The van der Waals surface area contributed by atoms with Gasteiger partial charge in [0.1, 0.15) is 5.75 Å². The van der Waals surface area contributed by atoms with Crippen LogP contribution in [0.2, 0.25) is 0 Å². The summed E-state index contributed by atoms with van der Waals surface area (Å²) in [6.45, 7) is 6.65. The number of ketones is 1. The molecule has 0 heterocycles. The van der Waals surface area contributed by atoms with Gasteiger partial charge in [-0.3, -0.25) is 4.79 Å². The van der Waals surface area contributed by atoms with Crippen LogP contribution in [0.15, 0.2) is 12.1 Å². The fourth-order valence-electron chi connectivity index (χ4n) is 3.11. The van der Waals surface area contributed by atoms with Gasteiger partial charge in [-0.05, 0) is 56.9 Å². The molecule has 0 aliphatic heterocycles. The third-order valence-corrected chi connectivity index (χ3v) is 5.47. The Balaban J connectivity index is 2.01. The van der Waals surface area contributed by atoms with Crippen LogP contribution in [-0.2, 0) is 0 Å². The minimum atomic E-state index is 0.267. The van der Waals surface area contributed by atoms with Crippen molar-refractivity contribution >= 4 is 17.5 Å². The molecule has 0 saturated heterocycles. The van der Waals surface area contributed by atoms with E-state index in [0.29, 0.717) is 17.6 Å². The molecule has 0 atom stereocenters. The van der Waals surface area contributed by atoms with Crippen LogP contribution >= 0.6 is 11.8 Å². The Morgan fingerprint density at radius 3 is 2.38 bits per heavy atom. The van der Waals surface area contributed by atoms with Crippen LogP contribution < -0.4 is 4.74 Å². The minimum Gasteiger partial charge on any atom is -0.494 e. The lowest BCUT2D eigenvalue weighted by Crippen LogP contribution is -2.14. The monoisotopic (exact) mass is 306 g/mol. The van der Waals surface area contributed by atoms with E-state index < -0.39 is 0 Å². The normalized spacial score (nSPS) is 16.0. The van der Waals surface area contributed by atoms with E-state index in [1.807, 2.05) is 44.7 Å². The Labute approximate surface area is 132 Å². The molecular weight excluding hydrogens is 280 g/mol. The minimum absolute atomic E-state index is 0.267. The zero-order chi connectivity index (χ0) is 15.2. The molecule has 1 aromatic carbocycles. The molecule has 0 amide bonds. The third-order valence-electron chi connectivity index (χ3n) is 4.10. The number of hydrogen-bond acceptors (Lipinski definition) is 3. The van der Waals surface area contributed by atoms with Gasteiger partial charge in [0.25, 0.3) is 0 Å². The van der Waals surface area contributed by atoms with E-state index in [0.717, 1.165) is 22.4 Å². The van der Waals surface area contributed by atoms with Crippen molar-refractivity contribution in [2.75, 3.05) is 12.4 Å². The summed E-state index contributed by atoms with van der Waals surface area (Å²) < 4.78 is 5.54. The van der Waals surface area contributed by atoms with Crippen molar-refractivity contribution in [2.24, 2.45) is 0 Å². The van der Waals surface area contributed by atoms with Crippen molar-refractivity contribution in [3.05, 3.63) is 28.8 Å². The molecule has 0 unspecified atom stereocenters. The van der Waals surface area contributed by atoms with E-state index in [1.54, 1.807) is 0 Å². The second kappa shape index (κ2) is 7.88. The maximum absolute atomic E-state index is 12.5. The highest BCUT2D eigenvalue weighted by atomic mass is 32.2. The Bertz CT molecular complexity index is 467. The molecule has 3 heteroatoms. The predicted octanol–water partition coefficient (Wildman–Crippen LogP) is 4.95. The van der Waals surface area contributed by atoms with Crippen LogP contribution in [-0.4, -0.2) is 23.4 Å². The predicted molar refractivity (Wildman–Crippen MR) is 90.7 cm³/mol. The Morgan fingerprint density at radius 1 is 1.19 bits per heavy atom. The molecule has 1 saturated carbocycles. The van der Waals surface area contributed by atoms with E-state index in [9.17, 15) is 4.79 Å². The van der Waals surface area contributed by atoms with Crippen LogP contribution in [0, 0.1) is 13.8 Å². The van der Waals surface area contributed by atoms with Crippen molar-refractivity contribution in [1.82, 2.24) is 0 Å². The smallest absolute Gasteiger partial charge is 0.173 e. The molecule has 0 radical (unpaired) electrons. The lowest BCUT2D eigenvalue weighted by Gasteiger charge is -2.21. The van der Waals surface area contributed by atoms with Crippen molar-refractivity contribution in [3.8, 4) is 5.75 Å². The maximum Gasteiger partial charge on any atom is 0.173 e. The molecule has 1 aliphatic carbocycles. The van der Waals surface area contributed by atoms with Gasteiger partial charge in [-0.25, -0.2) is 0 Å². The highest BCUT2D eigenvalue weighted by molar-refractivity contribution is 8.00. The molecule has 2 rings (SSSR count). The summed E-state index contributed by atoms with van der Waals surface area (Å²) in [7, 11) is 0. The maximum atomic E-state index is 12.5. The van der Waals surface area contributed by atoms with Crippen LogP contribution in [0.25, 0.3) is 0 Å². The number of Topliss-reactive ketones (excluding diaryl/α,β-unsaturated/α-hetero) is 1. The van der Waals surface area contributed by atoms with Crippen molar-refractivity contribution in [3.63, 3.8) is 0 Å². The van der Waals surface area contributed by atoms with Gasteiger partial charge in [-0.2, -0.15) is 11.8 Å². The number of carbonyl (C=O) groups is 1. The van der Waals surface area contributed by atoms with Crippen molar-refractivity contribution in [2.45, 2.75) is 58.1 Å². The van der Waals surface area contributed by atoms with Gasteiger partial charge in [0.05, 0.1) is 12.4 Å². The highest BCUT2D eigenvalue weighted by Gasteiger charge is 2.18. The SMILES string of the molecule is CCOc1cc(C)c(C(=O)CSC2CCCCC2)c(C)c1. The number of aryl methyl sites for hydroxylation is 2. The van der Waals surface area contributed by atoms with Crippen LogP contribution in [0.4, 0.5) is 0 Å². The summed E-state index contributed by atoms with van der Waals surface area (Å²) in [5.74, 6) is 1.74. The summed E-state index contributed by atoms with van der Waals surface area (Å²) in [4.78, 5) is 12.5. The standard InChI is InChI=1S/C18H26O2S/c1-4-20-15-10-13(2)18(14(3)11-15)17(19)12-21-16-8-6-5-7-9-16/h10-11,16H,4-9,12H2,1-3H3. The third kappa shape index (κ3) is 4.50. The number of thioether (sulfide) groups is 1. The highest BCUT2D eigenvalue weighted by Crippen LogP contribution is 2.30. The average Bonchev–Trinajstić information content (AvgIpc) is 2.46. The summed E-state index contributed by atoms with van der Waals surface area (Å²) in [6.07, 6.45) is 6.57. The summed E-state index contributed by atoms with van der Waals surface area (Å²) in [5.41, 5.74) is 2.96. The number of benzene rings is 1. The van der Waals surface area contributed by atoms with Crippen LogP contribution in [0.5, 0.6) is 5.75 Å². The fourth-order valence-corrected chi connectivity index (χ4v) is 4.31. The lowest BCUT2D eigenvalue weighted by atomic mass is 9.99. The van der Waals surface area contributed by atoms with E-state index in [-0.39, 0.29) is 5.78 Å². The summed E-state index contributed by atoms with van der Waals surface area (Å²) >= 11 is 1.85. The topological polar surface area (TPSA) is 26.3 Å². The van der Waals surface area contributed by atoms with Crippen molar-refractivity contribution in [1.29, 1.82) is 0 Å². The molecular formula is C18H26O2S. The van der Waals surface area contributed by atoms with Gasteiger partial charge in [-0.15, -0.1) is 0 Å². The number of hydrogen-bond donors (Lipinski definition) is 0. The average molecular weight is 306 g/mol. The molecule has 1 aliphatic rings.